The van der Waals surface area contributed by atoms with E-state index < -0.39 is 30.5 Å². The van der Waals surface area contributed by atoms with Gasteiger partial charge in [0.1, 0.15) is 0 Å². The van der Waals surface area contributed by atoms with Crippen molar-refractivity contribution in [1.82, 2.24) is 14.7 Å². The van der Waals surface area contributed by atoms with E-state index in [1.807, 2.05) is 0 Å². The molecular formula is C28H38F2N4O5S3. The zero-order valence-electron chi connectivity index (χ0n) is 23.8. The van der Waals surface area contributed by atoms with Gasteiger partial charge in [0.2, 0.25) is 14.6 Å². The molecule has 0 aliphatic rings. The van der Waals surface area contributed by atoms with Gasteiger partial charge < -0.3 is 9.88 Å². The lowest BCUT2D eigenvalue weighted by atomic mass is 10.1. The van der Waals surface area contributed by atoms with E-state index in [0.717, 1.165) is 42.7 Å². The molecule has 14 heteroatoms. The molecular weight excluding hydrogens is 607 g/mol. The summed E-state index contributed by atoms with van der Waals surface area (Å²) in [4.78, 5) is 14.2. The molecule has 42 heavy (non-hydrogen) atoms. The number of hydrogen-bond donors (Lipinski definition) is 2. The number of unbranched alkanes of at least 4 members (excludes halogenated alkanes) is 9. The number of hydrogen-bond acceptors (Lipinski definition) is 7. The van der Waals surface area contributed by atoms with Crippen LogP contribution in [0, 0.1) is 0 Å². The Bertz CT molecular complexity index is 1630. The second kappa shape index (κ2) is 15.6. The average molecular weight is 645 g/mol. The first kappa shape index (κ1) is 33.7. The highest BCUT2D eigenvalue weighted by Crippen LogP contribution is 2.24. The Balaban J connectivity index is 1.58. The van der Waals surface area contributed by atoms with Gasteiger partial charge in [0.15, 0.2) is 0 Å². The van der Waals surface area contributed by atoms with Crippen LogP contribution >= 0.6 is 11.3 Å². The van der Waals surface area contributed by atoms with Crippen LogP contribution in [0.2, 0.25) is 0 Å². The number of aromatic nitrogens is 1. The molecule has 0 fully saturated rings. The molecule has 3 aromatic rings. The fourth-order valence-corrected chi connectivity index (χ4v) is 6.97. The van der Waals surface area contributed by atoms with Crippen molar-refractivity contribution in [2.45, 2.75) is 86.7 Å². The zero-order chi connectivity index (χ0) is 30.8. The predicted molar refractivity (Wildman–Crippen MR) is 160 cm³/mol. The Morgan fingerprint density at radius 3 is 2.19 bits per heavy atom. The predicted octanol–water partition coefficient (Wildman–Crippen LogP) is 5.68. The number of carbonyl (C=O) groups is 1. The van der Waals surface area contributed by atoms with Crippen LogP contribution < -0.4 is 14.9 Å². The molecule has 0 bridgehead atoms. The fraction of sp³-hybridized carbons (Fsp3) is 0.500. The van der Waals surface area contributed by atoms with Crippen molar-refractivity contribution in [1.29, 1.82) is 0 Å². The molecule has 1 amide bonds. The van der Waals surface area contributed by atoms with Crippen LogP contribution in [0.1, 0.15) is 81.5 Å². The molecule has 2 N–H and O–H groups in total. The number of halogens is 2. The summed E-state index contributed by atoms with van der Waals surface area (Å²) in [6.45, 7) is 2.71. The lowest BCUT2D eigenvalue weighted by molar-refractivity contribution is 0.0952. The Morgan fingerprint density at radius 2 is 1.55 bits per heavy atom. The molecule has 0 saturated heterocycles. The number of amides is 1. The van der Waals surface area contributed by atoms with Gasteiger partial charge in [0.25, 0.3) is 15.9 Å². The minimum absolute atomic E-state index is 0.158. The monoisotopic (exact) mass is 644 g/mol. The van der Waals surface area contributed by atoms with Crippen LogP contribution in [0.25, 0.3) is 10.2 Å². The zero-order valence-corrected chi connectivity index (χ0v) is 26.3. The molecule has 1 heterocycles. The Kier molecular flexibility index (Phi) is 12.5. The first-order valence-electron chi connectivity index (χ1n) is 14.0. The topological polar surface area (TPSA) is 127 Å². The largest absolute Gasteiger partial charge is 0.352 e. The highest BCUT2D eigenvalue weighted by Gasteiger charge is 2.27. The Morgan fingerprint density at radius 1 is 0.905 bits per heavy atom. The van der Waals surface area contributed by atoms with E-state index in [1.54, 1.807) is 0 Å². The molecule has 9 nitrogen and oxygen atoms in total. The minimum atomic E-state index is -4.79. The van der Waals surface area contributed by atoms with Gasteiger partial charge in [-0.05, 0) is 42.8 Å². The molecule has 1 aromatic heterocycles. The number of sulfone groups is 1. The summed E-state index contributed by atoms with van der Waals surface area (Å²) in [5, 5.41) is 6.78. The fourth-order valence-electron chi connectivity index (χ4n) is 4.37. The summed E-state index contributed by atoms with van der Waals surface area (Å²) in [6.07, 6.45) is 11.9. The number of rotatable bonds is 17. The van der Waals surface area contributed by atoms with Gasteiger partial charge in [-0.15, -0.1) is 5.10 Å². The average Bonchev–Trinajstić information content (AvgIpc) is 3.29. The minimum Gasteiger partial charge on any atom is -0.352 e. The summed E-state index contributed by atoms with van der Waals surface area (Å²) in [5.74, 6) is -3.93. The SMILES string of the molecule is CCCCCCCCCCCCNC(=O)c1cccc(S(=O)(=O)N/N=c2\sc3ccc(S(=O)(=O)C(F)F)cc3n2C)c1. The van der Waals surface area contributed by atoms with Crippen LogP contribution in [0.4, 0.5) is 8.78 Å². The molecule has 3 rings (SSSR count). The number of nitrogens with zero attached hydrogens (tertiary/aromatic N) is 2. The molecule has 0 radical (unpaired) electrons. The smallest absolute Gasteiger partial charge is 0.341 e. The maximum absolute atomic E-state index is 13.0. The second-order valence-electron chi connectivity index (χ2n) is 10.1. The lowest BCUT2D eigenvalue weighted by Crippen LogP contribution is -2.26. The number of aryl methyl sites for hydroxylation is 1. The van der Waals surface area contributed by atoms with Crippen LogP contribution in [0.3, 0.4) is 0 Å². The second-order valence-corrected chi connectivity index (χ2v) is 14.6. The first-order valence-corrected chi connectivity index (χ1v) is 17.9. The number of thiazole rings is 1. The van der Waals surface area contributed by atoms with Crippen LogP contribution in [-0.2, 0) is 26.9 Å². The quantitative estimate of drug-likeness (QED) is 0.144. The summed E-state index contributed by atoms with van der Waals surface area (Å²) in [5.41, 5.74) is 0.492. The van der Waals surface area contributed by atoms with Gasteiger partial charge in [-0.2, -0.15) is 22.0 Å². The van der Waals surface area contributed by atoms with Gasteiger partial charge in [-0.25, -0.2) is 8.42 Å². The van der Waals surface area contributed by atoms with Crippen molar-refractivity contribution in [3.05, 3.63) is 52.8 Å². The summed E-state index contributed by atoms with van der Waals surface area (Å²) >= 11 is 1.04. The molecule has 2 aromatic carbocycles. The standard InChI is InChI=1S/C28H38F2N4O5S3/c1-3-4-5-6-7-8-9-10-11-12-18-31-26(35)21-14-13-15-23(19-21)42(38,39)33-32-28-34(2)24-20-22(16-17-25(24)40-28)41(36,37)27(29)30/h13-17,19-20,27,33H,3-12,18H2,1-2H3,(H,31,35)/b32-28-. The number of nitrogens with one attached hydrogen (secondary N) is 2. The maximum Gasteiger partial charge on any atom is 0.341 e. The molecule has 0 aliphatic heterocycles. The summed E-state index contributed by atoms with van der Waals surface area (Å²) in [7, 11) is -7.44. The van der Waals surface area contributed by atoms with Crippen molar-refractivity contribution in [3.63, 3.8) is 0 Å². The van der Waals surface area contributed by atoms with Crippen molar-refractivity contribution >= 4 is 47.3 Å². The third-order valence-electron chi connectivity index (χ3n) is 6.83. The number of benzene rings is 2. The van der Waals surface area contributed by atoms with Crippen LogP contribution in [0.15, 0.2) is 57.4 Å². The molecule has 0 atom stereocenters. The Labute approximate surface area is 250 Å². The first-order chi connectivity index (χ1) is 20.0. The third-order valence-corrected chi connectivity index (χ3v) is 10.5. The van der Waals surface area contributed by atoms with Crippen molar-refractivity contribution in [3.8, 4) is 0 Å². The van der Waals surface area contributed by atoms with Crippen molar-refractivity contribution < 1.29 is 30.4 Å². The van der Waals surface area contributed by atoms with E-state index in [4.69, 9.17) is 0 Å². The van der Waals surface area contributed by atoms with Gasteiger partial charge in [0, 0.05) is 19.2 Å². The van der Waals surface area contributed by atoms with Gasteiger partial charge in [0.05, 0.1) is 20.0 Å². The molecule has 232 valence electrons. The van der Waals surface area contributed by atoms with E-state index in [2.05, 4.69) is 22.2 Å². The van der Waals surface area contributed by atoms with Gasteiger partial charge in [-0.3, -0.25) is 4.79 Å². The number of fused-ring (bicyclic) bond motifs is 1. The van der Waals surface area contributed by atoms with Crippen molar-refractivity contribution in [2.75, 3.05) is 6.54 Å². The van der Waals surface area contributed by atoms with E-state index in [1.165, 1.54) is 86.9 Å². The van der Waals surface area contributed by atoms with Crippen LogP contribution in [-0.4, -0.2) is 39.6 Å². The summed E-state index contributed by atoms with van der Waals surface area (Å²) in [6, 6.07) is 9.12. The molecule has 0 unspecified atom stereocenters. The number of sulfonamides is 1. The molecule has 0 spiro atoms. The van der Waals surface area contributed by atoms with E-state index in [-0.39, 0.29) is 21.2 Å². The third kappa shape index (κ3) is 9.08. The molecule has 0 saturated carbocycles. The summed E-state index contributed by atoms with van der Waals surface area (Å²) < 4.78 is 77.3. The van der Waals surface area contributed by atoms with E-state index in [9.17, 15) is 30.4 Å². The maximum atomic E-state index is 13.0. The van der Waals surface area contributed by atoms with Crippen LogP contribution in [0.5, 0.6) is 0 Å². The van der Waals surface area contributed by atoms with Gasteiger partial charge >= 0.3 is 5.76 Å². The highest BCUT2D eigenvalue weighted by molar-refractivity contribution is 7.91. The molecule has 0 aliphatic carbocycles. The normalized spacial score (nSPS) is 12.7. The van der Waals surface area contributed by atoms with E-state index in [0.29, 0.717) is 16.8 Å². The lowest BCUT2D eigenvalue weighted by Gasteiger charge is -2.08. The van der Waals surface area contributed by atoms with Crippen molar-refractivity contribution in [2.24, 2.45) is 12.1 Å². The number of alkyl halides is 2. The highest BCUT2D eigenvalue weighted by atomic mass is 32.2. The van der Waals surface area contributed by atoms with E-state index >= 15 is 0 Å². The number of carbonyl (C=O) groups excluding carboxylic acids is 1. The Hall–Kier alpha value is -2.84. The van der Waals surface area contributed by atoms with Gasteiger partial charge in [-0.1, -0.05) is 82.1 Å².